The van der Waals surface area contributed by atoms with E-state index in [9.17, 15) is 0 Å². The van der Waals surface area contributed by atoms with Crippen molar-refractivity contribution in [1.82, 2.24) is 0 Å². The van der Waals surface area contributed by atoms with Crippen LogP contribution in [0.4, 0.5) is 0 Å². The molecule has 0 rings (SSSR count). The molecule has 0 aliphatic rings. The molecule has 0 N–H and O–H groups in total. The van der Waals surface area contributed by atoms with E-state index in [2.05, 4.69) is 27.7 Å². The van der Waals surface area contributed by atoms with Gasteiger partial charge in [0.2, 0.25) is 0 Å². The lowest BCUT2D eigenvalue weighted by atomic mass is 10.0. The molecular weight excluding hydrogens is 119 g/mol. The summed E-state index contributed by atoms with van der Waals surface area (Å²) in [6.07, 6.45) is 0. The van der Waals surface area contributed by atoms with Crippen molar-refractivity contribution in [2.45, 2.75) is 55.4 Å². The summed E-state index contributed by atoms with van der Waals surface area (Å²) in [6.45, 7) is 16.8. The second-order valence-corrected chi connectivity index (χ2v) is 3.00. The molecule has 0 bridgehead atoms. The van der Waals surface area contributed by atoms with Crippen LogP contribution in [0, 0.1) is 5.41 Å². The van der Waals surface area contributed by atoms with Crippen LogP contribution in [0.25, 0.3) is 0 Å². The number of hydrogen-bond donors (Lipinski definition) is 0. The molecule has 0 spiro atoms. The summed E-state index contributed by atoms with van der Waals surface area (Å²) in [5.74, 6) is 0. The van der Waals surface area contributed by atoms with Gasteiger partial charge < -0.3 is 0 Å². The first-order valence-electron chi connectivity index (χ1n) is 4.00. The average molecular weight is 143 g/mol. The van der Waals surface area contributed by atoms with Gasteiger partial charge >= 0.3 is 0 Å². The van der Waals surface area contributed by atoms with Gasteiger partial charge in [-0.1, -0.05) is 55.4 Å². The van der Waals surface area contributed by atoms with Crippen molar-refractivity contribution in [3.63, 3.8) is 0 Å². The van der Waals surface area contributed by atoms with E-state index in [1.807, 2.05) is 27.7 Å². The molecule has 0 aromatic rings. The standard InChI is InChI=1S/C5H12.2C2H6.B/c1-5(2,3)4;2*1-2;/h1-4H3;2*1-2H3;. The third-order valence-corrected chi connectivity index (χ3v) is 0. The molecule has 0 saturated carbocycles. The average Bonchev–Trinajstić information content (AvgIpc) is 1.72. The van der Waals surface area contributed by atoms with Crippen LogP contribution in [0.5, 0.6) is 0 Å². The van der Waals surface area contributed by atoms with E-state index >= 15 is 0 Å². The molecule has 0 saturated heterocycles. The molecule has 0 atom stereocenters. The first-order chi connectivity index (χ1) is 4.00. The molecule has 0 unspecified atom stereocenters. The Morgan fingerprint density at radius 2 is 0.600 bits per heavy atom. The minimum atomic E-state index is 0. The van der Waals surface area contributed by atoms with Crippen molar-refractivity contribution >= 4 is 8.41 Å². The van der Waals surface area contributed by atoms with Crippen LogP contribution in [0.15, 0.2) is 0 Å². The predicted molar refractivity (Wildman–Crippen MR) is 53.6 cm³/mol. The lowest BCUT2D eigenvalue weighted by Crippen LogP contribution is -1.93. The van der Waals surface area contributed by atoms with Crippen LogP contribution in [-0.4, -0.2) is 8.41 Å². The summed E-state index contributed by atoms with van der Waals surface area (Å²) in [4.78, 5) is 0. The third kappa shape index (κ3) is 95500. The van der Waals surface area contributed by atoms with Gasteiger partial charge in [-0.25, -0.2) is 0 Å². The maximum atomic E-state index is 2.19. The van der Waals surface area contributed by atoms with Crippen LogP contribution in [0.3, 0.4) is 0 Å². The van der Waals surface area contributed by atoms with Crippen molar-refractivity contribution in [3.05, 3.63) is 0 Å². The molecule has 0 aliphatic heterocycles. The zero-order valence-corrected chi connectivity index (χ0v) is 9.08. The summed E-state index contributed by atoms with van der Waals surface area (Å²) in [5, 5.41) is 0. The van der Waals surface area contributed by atoms with Gasteiger partial charge in [-0.3, -0.25) is 0 Å². The van der Waals surface area contributed by atoms with Gasteiger partial charge in [0.25, 0.3) is 0 Å². The second kappa shape index (κ2) is 16.0. The second-order valence-electron chi connectivity index (χ2n) is 3.00. The van der Waals surface area contributed by atoms with E-state index in [1.165, 1.54) is 0 Å². The molecule has 1 heteroatoms. The SMILES string of the molecule is CC.CC.CC(C)(C)C.[B]. The predicted octanol–water partition coefficient (Wildman–Crippen LogP) is 3.72. The Kier molecular flexibility index (Phi) is 36.0. The van der Waals surface area contributed by atoms with E-state index in [1.54, 1.807) is 0 Å². The van der Waals surface area contributed by atoms with Crippen LogP contribution in [0.2, 0.25) is 0 Å². The summed E-state index contributed by atoms with van der Waals surface area (Å²) in [5.41, 5.74) is 0.500. The van der Waals surface area contributed by atoms with Crippen LogP contribution >= 0.6 is 0 Å². The van der Waals surface area contributed by atoms with Gasteiger partial charge in [-0.15, -0.1) is 0 Å². The highest BCUT2D eigenvalue weighted by molar-refractivity contribution is 5.75. The van der Waals surface area contributed by atoms with Crippen molar-refractivity contribution in [2.24, 2.45) is 5.41 Å². The highest BCUT2D eigenvalue weighted by atomic mass is 14.0. The third-order valence-electron chi connectivity index (χ3n) is 0. The minimum absolute atomic E-state index is 0. The monoisotopic (exact) mass is 143 g/mol. The molecule has 10 heavy (non-hydrogen) atoms. The fourth-order valence-electron chi connectivity index (χ4n) is 0. The maximum absolute atomic E-state index is 2.19. The Morgan fingerprint density at radius 3 is 0.600 bits per heavy atom. The Morgan fingerprint density at radius 1 is 0.600 bits per heavy atom. The van der Waals surface area contributed by atoms with Crippen molar-refractivity contribution in [1.29, 1.82) is 0 Å². The first-order valence-corrected chi connectivity index (χ1v) is 4.00. The van der Waals surface area contributed by atoms with E-state index in [-0.39, 0.29) is 8.41 Å². The highest BCUT2D eigenvalue weighted by Crippen LogP contribution is 2.07. The fourth-order valence-corrected chi connectivity index (χ4v) is 0. The first kappa shape index (κ1) is 22.5. The Bertz CT molecular complexity index is 20.2. The molecular formula is C9H24B. The van der Waals surface area contributed by atoms with E-state index in [0.717, 1.165) is 0 Å². The van der Waals surface area contributed by atoms with Gasteiger partial charge in [-0.2, -0.15) is 0 Å². The largest absolute Gasteiger partial charge is 0.0683 e. The Balaban J connectivity index is -0.0000000315. The lowest BCUT2D eigenvalue weighted by molar-refractivity contribution is 0.469. The molecule has 3 radical (unpaired) electrons. The normalized spacial score (nSPS) is 7.20. The Labute approximate surface area is 70.0 Å². The lowest BCUT2D eigenvalue weighted by Gasteiger charge is -2.05. The summed E-state index contributed by atoms with van der Waals surface area (Å²) in [7, 11) is 0. The van der Waals surface area contributed by atoms with E-state index in [0.29, 0.717) is 5.41 Å². The van der Waals surface area contributed by atoms with Gasteiger partial charge in [0.05, 0.1) is 0 Å². The zero-order chi connectivity index (χ0) is 8.50. The van der Waals surface area contributed by atoms with Gasteiger partial charge in [0, 0.05) is 8.41 Å². The fraction of sp³-hybridized carbons (Fsp3) is 1.00. The topological polar surface area (TPSA) is 0 Å². The van der Waals surface area contributed by atoms with E-state index < -0.39 is 0 Å². The van der Waals surface area contributed by atoms with Crippen molar-refractivity contribution < 1.29 is 0 Å². The molecule has 0 aliphatic carbocycles. The van der Waals surface area contributed by atoms with E-state index in [4.69, 9.17) is 0 Å². The molecule has 0 amide bonds. The Hall–Kier alpha value is 0.0649. The van der Waals surface area contributed by atoms with Crippen LogP contribution in [-0.2, 0) is 0 Å². The van der Waals surface area contributed by atoms with Crippen molar-refractivity contribution in [3.8, 4) is 0 Å². The number of hydrogen-bond acceptors (Lipinski definition) is 0. The minimum Gasteiger partial charge on any atom is -0.0683 e. The van der Waals surface area contributed by atoms with Crippen LogP contribution in [0.1, 0.15) is 55.4 Å². The van der Waals surface area contributed by atoms with Crippen LogP contribution < -0.4 is 0 Å². The maximum Gasteiger partial charge on any atom is 0 e. The molecule has 63 valence electrons. The molecule has 0 heterocycles. The summed E-state index contributed by atoms with van der Waals surface area (Å²) < 4.78 is 0. The van der Waals surface area contributed by atoms with Crippen molar-refractivity contribution in [2.75, 3.05) is 0 Å². The number of rotatable bonds is 0. The van der Waals surface area contributed by atoms with Gasteiger partial charge in [0.1, 0.15) is 0 Å². The highest BCUT2D eigenvalue weighted by Gasteiger charge is 1.95. The molecule has 0 fully saturated rings. The molecule has 0 aromatic carbocycles. The summed E-state index contributed by atoms with van der Waals surface area (Å²) in [6, 6.07) is 0. The smallest absolute Gasteiger partial charge is 0 e. The van der Waals surface area contributed by atoms with Gasteiger partial charge in [-0.05, 0) is 5.41 Å². The van der Waals surface area contributed by atoms with Gasteiger partial charge in [0.15, 0.2) is 0 Å². The molecule has 0 nitrogen and oxygen atoms in total. The molecule has 0 aromatic heterocycles. The zero-order valence-electron chi connectivity index (χ0n) is 9.08. The quantitative estimate of drug-likeness (QED) is 0.453. The summed E-state index contributed by atoms with van der Waals surface area (Å²) >= 11 is 0.